The Morgan fingerprint density at radius 3 is 2.78 bits per heavy atom. The fraction of sp³-hybridized carbons (Fsp3) is 0. The summed E-state index contributed by atoms with van der Waals surface area (Å²) < 4.78 is 6.04. The van der Waals surface area contributed by atoms with E-state index in [1.54, 1.807) is 18.6 Å². The van der Waals surface area contributed by atoms with Gasteiger partial charge in [-0.15, -0.1) is 0 Å². The van der Waals surface area contributed by atoms with Crippen LogP contribution < -0.4 is 0 Å². The Balaban J connectivity index is 1.84. The van der Waals surface area contributed by atoms with Crippen LogP contribution in [0, 0.1) is 0 Å². The Morgan fingerprint density at radius 2 is 1.78 bits per heavy atom. The van der Waals surface area contributed by atoms with E-state index in [4.69, 9.17) is 9.40 Å². The summed E-state index contributed by atoms with van der Waals surface area (Å²) >= 11 is 0. The maximum absolute atomic E-state index is 6.04. The lowest BCUT2D eigenvalue weighted by Gasteiger charge is -2.02. The number of fused-ring (bicyclic) bond motifs is 4. The van der Waals surface area contributed by atoms with E-state index in [0.717, 1.165) is 44.2 Å². The van der Waals surface area contributed by atoms with E-state index in [0.29, 0.717) is 0 Å². The molecule has 23 heavy (non-hydrogen) atoms. The van der Waals surface area contributed by atoms with Crippen molar-refractivity contribution in [3.05, 3.63) is 67.1 Å². The minimum atomic E-state index is 0.761. The van der Waals surface area contributed by atoms with Crippen LogP contribution in [0.5, 0.6) is 0 Å². The number of furan rings is 1. The van der Waals surface area contributed by atoms with Gasteiger partial charge in [-0.05, 0) is 30.3 Å². The fourth-order valence-electron chi connectivity index (χ4n) is 2.93. The van der Waals surface area contributed by atoms with Crippen LogP contribution in [0.25, 0.3) is 44.2 Å². The molecule has 0 atom stereocenters. The zero-order chi connectivity index (χ0) is 15.2. The van der Waals surface area contributed by atoms with Gasteiger partial charge in [0.25, 0.3) is 0 Å². The first-order valence-corrected chi connectivity index (χ1v) is 7.37. The van der Waals surface area contributed by atoms with Crippen molar-refractivity contribution in [2.75, 3.05) is 0 Å². The lowest BCUT2D eigenvalue weighted by molar-refractivity contribution is 0.668. The molecule has 4 aromatic heterocycles. The fourth-order valence-corrected chi connectivity index (χ4v) is 2.93. The van der Waals surface area contributed by atoms with Gasteiger partial charge >= 0.3 is 0 Å². The molecular weight excluding hydrogens is 286 g/mol. The molecule has 0 amide bonds. The first-order valence-electron chi connectivity index (χ1n) is 7.37. The normalized spacial score (nSPS) is 11.5. The second-order valence-corrected chi connectivity index (χ2v) is 5.40. The van der Waals surface area contributed by atoms with E-state index in [2.05, 4.69) is 16.0 Å². The van der Waals surface area contributed by atoms with Gasteiger partial charge in [-0.25, -0.2) is 4.98 Å². The van der Waals surface area contributed by atoms with Crippen LogP contribution in [0.2, 0.25) is 0 Å². The minimum absolute atomic E-state index is 0.761. The largest absolute Gasteiger partial charge is 0.454 e. The predicted octanol–water partition coefficient (Wildman–Crippen LogP) is 4.59. The second-order valence-electron chi connectivity index (χ2n) is 5.40. The third-order valence-electron chi connectivity index (χ3n) is 4.03. The topological polar surface area (TPSA) is 51.8 Å². The molecule has 0 aliphatic carbocycles. The maximum atomic E-state index is 6.04. The van der Waals surface area contributed by atoms with Gasteiger partial charge in [0.2, 0.25) is 0 Å². The van der Waals surface area contributed by atoms with Crippen molar-refractivity contribution >= 4 is 32.8 Å². The summed E-state index contributed by atoms with van der Waals surface area (Å²) in [6, 6.07) is 15.9. The highest BCUT2D eigenvalue weighted by Gasteiger charge is 2.14. The average Bonchev–Trinajstić information content (AvgIpc) is 3.00. The smallest absolute Gasteiger partial charge is 0.163 e. The summed E-state index contributed by atoms with van der Waals surface area (Å²) in [6.07, 6.45) is 5.35. The van der Waals surface area contributed by atoms with Crippen molar-refractivity contribution < 1.29 is 4.42 Å². The first kappa shape index (κ1) is 12.3. The minimum Gasteiger partial charge on any atom is -0.454 e. The molecule has 0 saturated carbocycles. The number of pyridine rings is 3. The van der Waals surface area contributed by atoms with Gasteiger partial charge < -0.3 is 4.42 Å². The zero-order valence-corrected chi connectivity index (χ0v) is 12.1. The third kappa shape index (κ3) is 1.82. The van der Waals surface area contributed by atoms with Crippen molar-refractivity contribution in [1.29, 1.82) is 0 Å². The highest BCUT2D eigenvalue weighted by atomic mass is 16.3. The van der Waals surface area contributed by atoms with Crippen LogP contribution in [0.4, 0.5) is 0 Å². The van der Waals surface area contributed by atoms with Gasteiger partial charge in [0.05, 0.1) is 11.2 Å². The molecule has 5 rings (SSSR count). The Bertz CT molecular complexity index is 1180. The second kappa shape index (κ2) is 4.61. The van der Waals surface area contributed by atoms with Gasteiger partial charge in [-0.3, -0.25) is 9.97 Å². The molecule has 5 aromatic rings. The molecular formula is C19H11N3O. The van der Waals surface area contributed by atoms with Gasteiger partial charge in [-0.1, -0.05) is 18.2 Å². The molecule has 1 aromatic carbocycles. The highest BCUT2D eigenvalue weighted by Crippen LogP contribution is 2.33. The molecule has 108 valence electrons. The summed E-state index contributed by atoms with van der Waals surface area (Å²) in [5.41, 5.74) is 4.09. The predicted molar refractivity (Wildman–Crippen MR) is 90.0 cm³/mol. The average molecular weight is 297 g/mol. The van der Waals surface area contributed by atoms with Crippen molar-refractivity contribution in [2.24, 2.45) is 0 Å². The van der Waals surface area contributed by atoms with Gasteiger partial charge in [0, 0.05) is 34.7 Å². The summed E-state index contributed by atoms with van der Waals surface area (Å²) in [6.45, 7) is 0. The highest BCUT2D eigenvalue weighted by molar-refractivity contribution is 6.08. The third-order valence-corrected chi connectivity index (χ3v) is 4.03. The molecule has 0 bridgehead atoms. The number of benzene rings is 1. The Kier molecular flexibility index (Phi) is 2.46. The number of hydrogen-bond donors (Lipinski definition) is 0. The van der Waals surface area contributed by atoms with E-state index in [9.17, 15) is 0 Å². The van der Waals surface area contributed by atoms with E-state index >= 15 is 0 Å². The Hall–Kier alpha value is -3.27. The maximum Gasteiger partial charge on any atom is 0.163 e. The summed E-state index contributed by atoms with van der Waals surface area (Å²) in [5.74, 6) is 0. The van der Waals surface area contributed by atoms with Crippen molar-refractivity contribution in [3.63, 3.8) is 0 Å². The molecule has 0 aliphatic rings. The van der Waals surface area contributed by atoms with Crippen LogP contribution >= 0.6 is 0 Å². The molecule has 0 saturated heterocycles. The quantitative estimate of drug-likeness (QED) is 0.454. The molecule has 4 nitrogen and oxygen atoms in total. The molecule has 0 radical (unpaired) electrons. The monoisotopic (exact) mass is 297 g/mol. The molecule has 0 N–H and O–H groups in total. The Morgan fingerprint density at radius 1 is 0.826 bits per heavy atom. The van der Waals surface area contributed by atoms with Gasteiger partial charge in [-0.2, -0.15) is 0 Å². The summed E-state index contributed by atoms with van der Waals surface area (Å²) in [4.78, 5) is 13.3. The van der Waals surface area contributed by atoms with Crippen LogP contribution in [-0.4, -0.2) is 15.0 Å². The molecule has 0 fully saturated rings. The van der Waals surface area contributed by atoms with Crippen molar-refractivity contribution in [3.8, 4) is 11.4 Å². The first-order chi connectivity index (χ1) is 11.4. The Labute approximate surface area is 131 Å². The van der Waals surface area contributed by atoms with E-state index < -0.39 is 0 Å². The van der Waals surface area contributed by atoms with Crippen molar-refractivity contribution in [1.82, 2.24) is 15.0 Å². The lowest BCUT2D eigenvalue weighted by atomic mass is 10.1. The standard InChI is InChI=1S/C19H11N3O/c1-2-4-17-13(3-1)14-7-10-21-18(19(14)23-17)16-6-5-12-11-20-9-8-15(12)22-16/h1-11H. The van der Waals surface area contributed by atoms with Gasteiger partial charge in [0.15, 0.2) is 5.58 Å². The van der Waals surface area contributed by atoms with Crippen LogP contribution in [0.1, 0.15) is 0 Å². The van der Waals surface area contributed by atoms with Crippen molar-refractivity contribution in [2.45, 2.75) is 0 Å². The van der Waals surface area contributed by atoms with E-state index in [-0.39, 0.29) is 0 Å². The van der Waals surface area contributed by atoms with Gasteiger partial charge in [0.1, 0.15) is 11.3 Å². The summed E-state index contributed by atoms with van der Waals surface area (Å²) in [7, 11) is 0. The van der Waals surface area contributed by atoms with E-state index in [1.807, 2.05) is 42.5 Å². The summed E-state index contributed by atoms with van der Waals surface area (Å²) in [5, 5.41) is 3.16. The molecule has 0 spiro atoms. The zero-order valence-electron chi connectivity index (χ0n) is 12.1. The van der Waals surface area contributed by atoms with Crippen LogP contribution in [0.15, 0.2) is 71.5 Å². The molecule has 4 heteroatoms. The number of hydrogen-bond acceptors (Lipinski definition) is 4. The van der Waals surface area contributed by atoms with Crippen LogP contribution in [0.3, 0.4) is 0 Å². The van der Waals surface area contributed by atoms with Crippen LogP contribution in [-0.2, 0) is 0 Å². The number of rotatable bonds is 1. The number of aromatic nitrogens is 3. The number of para-hydroxylation sites is 1. The van der Waals surface area contributed by atoms with E-state index in [1.165, 1.54) is 0 Å². The molecule has 4 heterocycles. The molecule has 0 unspecified atom stereocenters. The number of nitrogens with zero attached hydrogens (tertiary/aromatic N) is 3. The SMILES string of the molecule is c1ccc2c(c1)oc1c(-c3ccc4cnccc4n3)nccc12. The lowest BCUT2D eigenvalue weighted by Crippen LogP contribution is -1.89. The molecule has 0 aliphatic heterocycles.